The molecule has 0 atom stereocenters. The van der Waals surface area contributed by atoms with Crippen LogP contribution in [0.1, 0.15) is 11.1 Å². The molecule has 1 N–H and O–H groups in total. The van der Waals surface area contributed by atoms with E-state index in [1.165, 1.54) is 17.3 Å². The Hall–Kier alpha value is -1.41. The Morgan fingerprint density at radius 3 is 2.88 bits per heavy atom. The minimum absolute atomic E-state index is 0.139. The Labute approximate surface area is 151 Å². The van der Waals surface area contributed by atoms with Crippen LogP contribution >= 0.6 is 24.0 Å². The normalized spacial score (nSPS) is 20.5. The number of rotatable bonds is 5. The molecule has 24 heavy (non-hydrogen) atoms. The van der Waals surface area contributed by atoms with E-state index in [9.17, 15) is 4.79 Å². The van der Waals surface area contributed by atoms with Gasteiger partial charge in [0, 0.05) is 19.6 Å². The number of methoxy groups -OCH3 is 1. The lowest BCUT2D eigenvalue weighted by molar-refractivity contribution is -0.115. The molecule has 7 heteroatoms. The molecular weight excluding hydrogens is 344 g/mol. The molecule has 0 aliphatic carbocycles. The number of carbonyl (C=O) groups is 1. The fourth-order valence-corrected chi connectivity index (χ4v) is 3.78. The lowest BCUT2D eigenvalue weighted by Gasteiger charge is -2.26. The van der Waals surface area contributed by atoms with Gasteiger partial charge in [0.1, 0.15) is 10.1 Å². The molecule has 0 unspecified atom stereocenters. The van der Waals surface area contributed by atoms with Crippen LogP contribution in [0.3, 0.4) is 0 Å². The Morgan fingerprint density at radius 1 is 1.42 bits per heavy atom. The van der Waals surface area contributed by atoms with Crippen LogP contribution in [-0.4, -0.2) is 55.1 Å². The summed E-state index contributed by atoms with van der Waals surface area (Å²) in [5.41, 5.74) is 2.11. The summed E-state index contributed by atoms with van der Waals surface area (Å²) >= 11 is 6.30. The van der Waals surface area contributed by atoms with Gasteiger partial charge in [0.15, 0.2) is 0 Å². The van der Waals surface area contributed by atoms with Gasteiger partial charge in [0.25, 0.3) is 5.91 Å². The van der Waals surface area contributed by atoms with Gasteiger partial charge >= 0.3 is 0 Å². The third-order valence-electron chi connectivity index (χ3n) is 4.05. The summed E-state index contributed by atoms with van der Waals surface area (Å²) < 4.78 is 11.4. The van der Waals surface area contributed by atoms with Crippen molar-refractivity contribution < 1.29 is 14.3 Å². The number of hydrogen-bond acceptors (Lipinski definition) is 6. The van der Waals surface area contributed by atoms with E-state index < -0.39 is 0 Å². The van der Waals surface area contributed by atoms with Crippen LogP contribution in [-0.2, 0) is 16.0 Å². The highest BCUT2D eigenvalue weighted by Gasteiger charge is 2.22. The number of nitrogens with one attached hydrogen (secondary N) is 1. The van der Waals surface area contributed by atoms with Crippen LogP contribution in [0.15, 0.2) is 23.1 Å². The summed E-state index contributed by atoms with van der Waals surface area (Å²) in [5.74, 6) is 0.712. The van der Waals surface area contributed by atoms with Crippen molar-refractivity contribution in [3.05, 3.63) is 34.2 Å². The van der Waals surface area contributed by atoms with E-state index >= 15 is 0 Å². The maximum Gasteiger partial charge on any atom is 0.263 e. The molecule has 1 aromatic rings. The molecule has 0 saturated carbocycles. The second kappa shape index (κ2) is 8.11. The third kappa shape index (κ3) is 4.36. The van der Waals surface area contributed by atoms with Gasteiger partial charge in [-0.3, -0.25) is 9.69 Å². The van der Waals surface area contributed by atoms with E-state index in [1.807, 2.05) is 18.2 Å². The topological polar surface area (TPSA) is 50.8 Å². The minimum Gasteiger partial charge on any atom is -0.496 e. The summed E-state index contributed by atoms with van der Waals surface area (Å²) in [5, 5.41) is 2.62. The number of hydrogen-bond donors (Lipinski definition) is 1. The first-order chi connectivity index (χ1) is 11.7. The van der Waals surface area contributed by atoms with Gasteiger partial charge in [0.05, 0.1) is 25.2 Å². The quantitative estimate of drug-likeness (QED) is 0.638. The van der Waals surface area contributed by atoms with Crippen LogP contribution in [0.5, 0.6) is 5.75 Å². The first kappa shape index (κ1) is 17.4. The number of nitrogens with zero attached hydrogens (tertiary/aromatic N) is 1. The van der Waals surface area contributed by atoms with Gasteiger partial charge < -0.3 is 14.8 Å². The highest BCUT2D eigenvalue weighted by Crippen LogP contribution is 2.28. The molecule has 128 valence electrons. The predicted octanol–water partition coefficient (Wildman–Crippen LogP) is 2.06. The maximum atomic E-state index is 11.8. The number of thioether (sulfide) groups is 1. The number of benzene rings is 1. The van der Waals surface area contributed by atoms with E-state index in [-0.39, 0.29) is 5.91 Å². The first-order valence-corrected chi connectivity index (χ1v) is 9.10. The molecule has 0 spiro atoms. The standard InChI is InChI=1S/C17H20N2O3S2/c1-21-14-10-12(11-15-16(20)18-17(23)24-15)2-3-13(14)4-5-19-6-8-22-9-7-19/h2-3,10-11H,4-9H2,1H3,(H,18,20,23)/b15-11+. The molecule has 0 aromatic heterocycles. The van der Waals surface area contributed by atoms with Gasteiger partial charge in [-0.25, -0.2) is 0 Å². The number of carbonyl (C=O) groups excluding carboxylic acids is 1. The summed E-state index contributed by atoms with van der Waals surface area (Å²) in [4.78, 5) is 14.8. The molecule has 0 bridgehead atoms. The molecule has 2 saturated heterocycles. The van der Waals surface area contributed by atoms with E-state index in [0.29, 0.717) is 9.23 Å². The van der Waals surface area contributed by atoms with E-state index in [4.69, 9.17) is 21.7 Å². The molecule has 5 nitrogen and oxygen atoms in total. The molecular formula is C17H20N2O3S2. The predicted molar refractivity (Wildman–Crippen MR) is 100 cm³/mol. The van der Waals surface area contributed by atoms with Gasteiger partial charge in [-0.05, 0) is 29.7 Å². The summed E-state index contributed by atoms with van der Waals surface area (Å²) in [6.07, 6.45) is 2.77. The molecule has 3 rings (SSSR count). The lowest BCUT2D eigenvalue weighted by atomic mass is 10.1. The monoisotopic (exact) mass is 364 g/mol. The van der Waals surface area contributed by atoms with Gasteiger partial charge in [-0.2, -0.15) is 0 Å². The Bertz CT molecular complexity index is 670. The number of thiocarbonyl (C=S) groups is 1. The average Bonchev–Trinajstić information content (AvgIpc) is 2.91. The van der Waals surface area contributed by atoms with Crippen molar-refractivity contribution in [2.75, 3.05) is 40.0 Å². The van der Waals surface area contributed by atoms with Crippen molar-refractivity contribution in [2.45, 2.75) is 6.42 Å². The van der Waals surface area contributed by atoms with Crippen molar-refractivity contribution in [3.63, 3.8) is 0 Å². The number of amides is 1. The second-order valence-corrected chi connectivity index (χ2v) is 7.35. The summed E-state index contributed by atoms with van der Waals surface area (Å²) in [6, 6.07) is 6.05. The van der Waals surface area contributed by atoms with Crippen molar-refractivity contribution in [2.24, 2.45) is 0 Å². The molecule has 1 aromatic carbocycles. The highest BCUT2D eigenvalue weighted by molar-refractivity contribution is 8.26. The van der Waals surface area contributed by atoms with Gasteiger partial charge in [-0.1, -0.05) is 36.1 Å². The zero-order chi connectivity index (χ0) is 16.9. The Kier molecular flexibility index (Phi) is 5.89. The smallest absolute Gasteiger partial charge is 0.263 e. The fraction of sp³-hybridized carbons (Fsp3) is 0.412. The summed E-state index contributed by atoms with van der Waals surface area (Å²) in [6.45, 7) is 4.58. The largest absolute Gasteiger partial charge is 0.496 e. The molecule has 2 aliphatic rings. The highest BCUT2D eigenvalue weighted by atomic mass is 32.2. The zero-order valence-corrected chi connectivity index (χ0v) is 15.2. The van der Waals surface area contributed by atoms with Crippen LogP contribution in [0.25, 0.3) is 6.08 Å². The first-order valence-electron chi connectivity index (χ1n) is 7.87. The van der Waals surface area contributed by atoms with Crippen LogP contribution in [0, 0.1) is 0 Å². The Balaban J connectivity index is 1.69. The Morgan fingerprint density at radius 2 is 2.21 bits per heavy atom. The molecule has 2 heterocycles. The van der Waals surface area contributed by atoms with Gasteiger partial charge in [0.2, 0.25) is 0 Å². The van der Waals surface area contributed by atoms with Crippen molar-refractivity contribution >= 4 is 40.3 Å². The van der Waals surface area contributed by atoms with Crippen LogP contribution in [0.2, 0.25) is 0 Å². The number of morpholine rings is 1. The lowest BCUT2D eigenvalue weighted by Crippen LogP contribution is -2.37. The second-order valence-electron chi connectivity index (χ2n) is 5.63. The SMILES string of the molecule is COc1cc(/C=C2/SC(=S)NC2=O)ccc1CCN1CCOCC1. The minimum atomic E-state index is -0.139. The molecule has 1 amide bonds. The van der Waals surface area contributed by atoms with E-state index in [2.05, 4.69) is 16.3 Å². The van der Waals surface area contributed by atoms with Crippen LogP contribution < -0.4 is 10.1 Å². The van der Waals surface area contributed by atoms with Crippen LogP contribution in [0.4, 0.5) is 0 Å². The van der Waals surface area contributed by atoms with Gasteiger partial charge in [-0.15, -0.1) is 0 Å². The average molecular weight is 364 g/mol. The van der Waals surface area contributed by atoms with E-state index in [0.717, 1.165) is 50.6 Å². The fourth-order valence-electron chi connectivity index (χ4n) is 2.73. The third-order valence-corrected chi connectivity index (χ3v) is 5.21. The number of ether oxygens (including phenoxy) is 2. The van der Waals surface area contributed by atoms with Crippen molar-refractivity contribution in [3.8, 4) is 5.75 Å². The maximum absolute atomic E-state index is 11.8. The van der Waals surface area contributed by atoms with Crippen molar-refractivity contribution in [1.29, 1.82) is 0 Å². The molecule has 2 aliphatic heterocycles. The van der Waals surface area contributed by atoms with Crippen molar-refractivity contribution in [1.82, 2.24) is 10.2 Å². The van der Waals surface area contributed by atoms with E-state index in [1.54, 1.807) is 7.11 Å². The summed E-state index contributed by atoms with van der Waals surface area (Å²) in [7, 11) is 1.68. The molecule has 0 radical (unpaired) electrons. The zero-order valence-electron chi connectivity index (χ0n) is 13.5. The molecule has 2 fully saturated rings.